The number of benzene rings is 1. The second-order valence-electron chi connectivity index (χ2n) is 8.89. The molecular formula is C21H24N2O4. The molecule has 1 N–H and O–H groups in total. The molecule has 4 bridgehead atoms. The zero-order chi connectivity index (χ0) is 18.5. The number of hydrogen-bond donors (Lipinski definition) is 1. The highest BCUT2D eigenvalue weighted by Crippen LogP contribution is 2.62. The number of aromatic nitrogens is 2. The molecule has 1 heterocycles. The Morgan fingerprint density at radius 1 is 1.15 bits per heavy atom. The molecule has 0 unspecified atom stereocenters. The van der Waals surface area contributed by atoms with Crippen LogP contribution in [0.4, 0.5) is 0 Å². The zero-order valence-corrected chi connectivity index (χ0v) is 15.3. The summed E-state index contributed by atoms with van der Waals surface area (Å²) in [6.07, 6.45) is 6.22. The van der Waals surface area contributed by atoms with Gasteiger partial charge in [-0.25, -0.2) is 0 Å². The van der Waals surface area contributed by atoms with E-state index in [0.29, 0.717) is 30.0 Å². The fourth-order valence-corrected chi connectivity index (χ4v) is 6.12. The van der Waals surface area contributed by atoms with E-state index in [9.17, 15) is 9.90 Å². The van der Waals surface area contributed by atoms with Crippen LogP contribution in [0.1, 0.15) is 50.8 Å². The topological polar surface area (TPSA) is 85.5 Å². The monoisotopic (exact) mass is 368 g/mol. The van der Waals surface area contributed by atoms with Crippen LogP contribution in [0.3, 0.4) is 0 Å². The van der Waals surface area contributed by atoms with E-state index >= 15 is 0 Å². The number of ether oxygens (including phenoxy) is 1. The average molecular weight is 368 g/mol. The Morgan fingerprint density at radius 3 is 2.59 bits per heavy atom. The van der Waals surface area contributed by atoms with E-state index in [0.717, 1.165) is 37.7 Å². The van der Waals surface area contributed by atoms with Crippen molar-refractivity contribution in [2.45, 2.75) is 57.2 Å². The molecular weight excluding hydrogens is 344 g/mol. The summed E-state index contributed by atoms with van der Waals surface area (Å²) in [7, 11) is 0. The molecule has 0 spiro atoms. The third-order valence-corrected chi connectivity index (χ3v) is 6.51. The number of esters is 1. The van der Waals surface area contributed by atoms with Gasteiger partial charge in [0, 0.05) is 5.56 Å². The van der Waals surface area contributed by atoms with E-state index in [1.807, 2.05) is 30.3 Å². The van der Waals surface area contributed by atoms with Gasteiger partial charge in [-0.05, 0) is 67.9 Å². The number of carbonyl (C=O) groups is 1. The molecule has 0 saturated heterocycles. The van der Waals surface area contributed by atoms with Gasteiger partial charge in [-0.2, -0.15) is 0 Å². The highest BCUT2D eigenvalue weighted by atomic mass is 16.5. The Hall–Kier alpha value is -2.21. The molecule has 27 heavy (non-hydrogen) atoms. The normalized spacial score (nSPS) is 34.0. The Bertz CT molecular complexity index is 833. The van der Waals surface area contributed by atoms with Crippen LogP contribution in [0.5, 0.6) is 0 Å². The van der Waals surface area contributed by atoms with Crippen LogP contribution in [0, 0.1) is 17.3 Å². The number of rotatable bonds is 5. The summed E-state index contributed by atoms with van der Waals surface area (Å²) < 4.78 is 11.0. The molecule has 4 fully saturated rings. The fourth-order valence-electron chi connectivity index (χ4n) is 6.12. The van der Waals surface area contributed by atoms with Crippen molar-refractivity contribution >= 4 is 5.97 Å². The molecule has 1 aromatic heterocycles. The van der Waals surface area contributed by atoms with Crippen LogP contribution in [0.2, 0.25) is 0 Å². The van der Waals surface area contributed by atoms with E-state index in [4.69, 9.17) is 9.15 Å². The molecule has 4 saturated carbocycles. The molecule has 1 aromatic carbocycles. The lowest BCUT2D eigenvalue weighted by Gasteiger charge is -2.60. The number of aliphatic hydroxyl groups is 1. The lowest BCUT2D eigenvalue weighted by Crippen LogP contribution is -2.56. The van der Waals surface area contributed by atoms with Gasteiger partial charge < -0.3 is 14.3 Å². The van der Waals surface area contributed by atoms with Crippen LogP contribution < -0.4 is 0 Å². The summed E-state index contributed by atoms with van der Waals surface area (Å²) in [5, 5.41) is 18.8. The largest absolute Gasteiger partial charge is 0.456 e. The average Bonchev–Trinajstić information content (AvgIpc) is 3.07. The molecule has 4 aliphatic carbocycles. The highest BCUT2D eigenvalue weighted by Gasteiger charge is 2.57. The summed E-state index contributed by atoms with van der Waals surface area (Å²) in [6, 6.07) is 9.50. The van der Waals surface area contributed by atoms with Crippen molar-refractivity contribution in [3.05, 3.63) is 36.2 Å². The lowest BCUT2D eigenvalue weighted by atomic mass is 9.47. The van der Waals surface area contributed by atoms with E-state index in [-0.39, 0.29) is 18.0 Å². The Kier molecular flexibility index (Phi) is 3.86. The Morgan fingerprint density at radius 2 is 1.89 bits per heavy atom. The molecule has 4 aliphatic rings. The van der Waals surface area contributed by atoms with Crippen molar-refractivity contribution in [2.75, 3.05) is 0 Å². The van der Waals surface area contributed by atoms with Gasteiger partial charge >= 0.3 is 5.97 Å². The summed E-state index contributed by atoms with van der Waals surface area (Å²) >= 11 is 0. The number of nitrogens with zero attached hydrogens (tertiary/aromatic N) is 2. The van der Waals surface area contributed by atoms with Gasteiger partial charge in [0.2, 0.25) is 5.89 Å². The maximum Gasteiger partial charge on any atom is 0.306 e. The summed E-state index contributed by atoms with van der Waals surface area (Å²) in [4.78, 5) is 12.5. The van der Waals surface area contributed by atoms with Crippen LogP contribution in [0.15, 0.2) is 34.7 Å². The summed E-state index contributed by atoms with van der Waals surface area (Å²) in [6.45, 7) is -0.00806. The second kappa shape index (κ2) is 6.16. The minimum atomic E-state index is -0.554. The standard InChI is InChI=1S/C21H24N2O4/c24-18(11-20-7-14-6-15(8-20)10-21(25,9-14)13-20)26-12-17-22-23-19(27-17)16-4-2-1-3-5-16/h1-5,14-15,25H,6-13H2/t14-,15-,20?,21?/m1/s1. The molecule has 2 atom stereocenters. The van der Waals surface area contributed by atoms with Crippen molar-refractivity contribution < 1.29 is 19.1 Å². The highest BCUT2D eigenvalue weighted by molar-refractivity contribution is 5.70. The maximum absolute atomic E-state index is 12.5. The van der Waals surface area contributed by atoms with Gasteiger partial charge in [0.25, 0.3) is 5.89 Å². The van der Waals surface area contributed by atoms with Gasteiger partial charge in [0.05, 0.1) is 12.0 Å². The van der Waals surface area contributed by atoms with E-state index in [1.165, 1.54) is 6.42 Å². The predicted octanol–water partition coefficient (Wildman–Crippen LogP) is 3.50. The third-order valence-electron chi connectivity index (χ3n) is 6.51. The first-order valence-electron chi connectivity index (χ1n) is 9.77. The number of hydrogen-bond acceptors (Lipinski definition) is 6. The molecule has 6 heteroatoms. The lowest BCUT2D eigenvalue weighted by molar-refractivity contribution is -0.177. The quantitative estimate of drug-likeness (QED) is 0.813. The van der Waals surface area contributed by atoms with Gasteiger partial charge in [0.1, 0.15) is 0 Å². The third kappa shape index (κ3) is 3.27. The van der Waals surface area contributed by atoms with Crippen molar-refractivity contribution in [3.63, 3.8) is 0 Å². The van der Waals surface area contributed by atoms with Crippen LogP contribution in [0.25, 0.3) is 11.5 Å². The maximum atomic E-state index is 12.5. The molecule has 6 nitrogen and oxygen atoms in total. The predicted molar refractivity (Wildman–Crippen MR) is 96.2 cm³/mol. The van der Waals surface area contributed by atoms with Crippen LogP contribution >= 0.6 is 0 Å². The van der Waals surface area contributed by atoms with Crippen molar-refractivity contribution in [3.8, 4) is 11.5 Å². The van der Waals surface area contributed by atoms with Crippen molar-refractivity contribution in [2.24, 2.45) is 17.3 Å². The molecule has 2 aromatic rings. The molecule has 0 amide bonds. The Balaban J connectivity index is 1.20. The molecule has 0 aliphatic heterocycles. The van der Waals surface area contributed by atoms with E-state index in [1.54, 1.807) is 0 Å². The smallest absolute Gasteiger partial charge is 0.306 e. The first kappa shape index (κ1) is 16.9. The van der Waals surface area contributed by atoms with Gasteiger partial charge in [-0.15, -0.1) is 10.2 Å². The summed E-state index contributed by atoms with van der Waals surface area (Å²) in [5.41, 5.74) is 0.200. The van der Waals surface area contributed by atoms with Crippen LogP contribution in [-0.4, -0.2) is 26.9 Å². The van der Waals surface area contributed by atoms with Gasteiger partial charge in [-0.1, -0.05) is 18.2 Å². The van der Waals surface area contributed by atoms with Crippen LogP contribution in [-0.2, 0) is 16.1 Å². The van der Waals surface area contributed by atoms with Crippen molar-refractivity contribution in [1.82, 2.24) is 10.2 Å². The summed E-state index contributed by atoms with van der Waals surface area (Å²) in [5.74, 6) is 1.61. The minimum absolute atomic E-state index is 0.00806. The molecule has 6 rings (SSSR count). The fraction of sp³-hybridized carbons (Fsp3) is 0.571. The van der Waals surface area contributed by atoms with Crippen molar-refractivity contribution in [1.29, 1.82) is 0 Å². The van der Waals surface area contributed by atoms with Gasteiger partial charge in [-0.3, -0.25) is 4.79 Å². The molecule has 142 valence electrons. The van der Waals surface area contributed by atoms with Gasteiger partial charge in [0.15, 0.2) is 6.61 Å². The first-order valence-corrected chi connectivity index (χ1v) is 9.77. The molecule has 0 radical (unpaired) electrons. The van der Waals surface area contributed by atoms with E-state index < -0.39 is 5.60 Å². The Labute approximate surface area is 157 Å². The second-order valence-corrected chi connectivity index (χ2v) is 8.89. The minimum Gasteiger partial charge on any atom is -0.456 e. The first-order chi connectivity index (χ1) is 13.0. The van der Waals surface area contributed by atoms with E-state index in [2.05, 4.69) is 10.2 Å². The zero-order valence-electron chi connectivity index (χ0n) is 15.3. The number of carbonyl (C=O) groups excluding carboxylic acids is 1. The SMILES string of the molecule is O=C(CC12C[C@H]3C[C@@H](CC(O)(C3)C1)C2)OCc1nnc(-c2ccccc2)o1.